The Bertz CT molecular complexity index is 2730. The lowest BCUT2D eigenvalue weighted by Crippen LogP contribution is -2.45. The molecule has 0 unspecified atom stereocenters. The van der Waals surface area contributed by atoms with Gasteiger partial charge in [0.25, 0.3) is 18.3 Å². The molecule has 0 spiro atoms. The molecule has 6 aromatic rings. The maximum Gasteiger partial charge on any atom is 0.373 e. The molecule has 4 aromatic carbocycles. The molecule has 2 saturated heterocycles. The third-order valence-corrected chi connectivity index (χ3v) is 12.2. The van der Waals surface area contributed by atoms with E-state index in [1.54, 1.807) is 69.8 Å². The molecule has 0 atom stereocenters. The smallest absolute Gasteiger partial charge is 0.373 e. The van der Waals surface area contributed by atoms with Crippen LogP contribution < -0.4 is 15.6 Å². The van der Waals surface area contributed by atoms with Crippen molar-refractivity contribution >= 4 is 70.8 Å². The van der Waals surface area contributed by atoms with E-state index in [0.717, 1.165) is 76.8 Å². The van der Waals surface area contributed by atoms with Crippen molar-refractivity contribution in [1.82, 2.24) is 40.0 Å². The molecule has 8 rings (SSSR count). The summed E-state index contributed by atoms with van der Waals surface area (Å²) in [5.41, 5.74) is 10.6. The van der Waals surface area contributed by atoms with Crippen LogP contribution in [0, 0.1) is 0 Å². The number of imidazole rings is 2. The second-order valence-electron chi connectivity index (χ2n) is 15.5. The van der Waals surface area contributed by atoms with Crippen molar-refractivity contribution in [3.05, 3.63) is 133 Å². The highest BCUT2D eigenvalue weighted by molar-refractivity contribution is 6.37. The molecule has 0 saturated carbocycles. The SMILES string of the molecule is CCc1ccc(-n2c(-c3ccc(Cl)cc3Cl)nc(C(=O)NN3CCCCC3)c2CO)cc1.O=C=O.O=COc1ccc(-n2c(-c3ccc(Cl)cc3Cl)nc(C(=O)NN3CCCCC3)c2CO)cc1. The molecule has 2 aliphatic heterocycles. The van der Waals surface area contributed by atoms with Gasteiger partial charge in [0.2, 0.25) is 0 Å². The lowest BCUT2D eigenvalue weighted by molar-refractivity contribution is -0.191. The Morgan fingerprint density at radius 3 is 1.40 bits per heavy atom. The molecule has 2 aromatic heterocycles. The first-order valence-corrected chi connectivity index (χ1v) is 23.2. The fraction of sp³-hybridized carbons (Fsp3) is 0.292. The molecule has 68 heavy (non-hydrogen) atoms. The van der Waals surface area contributed by atoms with Crippen LogP contribution >= 0.6 is 46.4 Å². The topological polar surface area (TPSA) is 201 Å². The van der Waals surface area contributed by atoms with Crippen molar-refractivity contribution in [2.75, 3.05) is 26.2 Å². The number of ether oxygens (including phenoxy) is 1. The maximum absolute atomic E-state index is 13.2. The number of amides is 2. The minimum absolute atomic E-state index is 0.0947. The fourth-order valence-electron chi connectivity index (χ4n) is 7.84. The normalized spacial score (nSPS) is 13.8. The number of carbonyl (C=O) groups is 3. The van der Waals surface area contributed by atoms with E-state index in [4.69, 9.17) is 60.7 Å². The number of aliphatic hydroxyl groups is 2. The van der Waals surface area contributed by atoms with Gasteiger partial charge in [-0.25, -0.2) is 20.0 Å². The van der Waals surface area contributed by atoms with E-state index < -0.39 is 12.5 Å². The maximum atomic E-state index is 13.2. The number of halogens is 4. The number of hydrogen-bond acceptors (Lipinski definition) is 12. The second-order valence-corrected chi connectivity index (χ2v) is 17.2. The third-order valence-electron chi connectivity index (χ3n) is 11.1. The number of carbonyl (C=O) groups excluding carboxylic acids is 5. The van der Waals surface area contributed by atoms with Crippen molar-refractivity contribution in [2.45, 2.75) is 65.1 Å². The number of nitrogens with one attached hydrogen (secondary N) is 2. The van der Waals surface area contributed by atoms with Crippen LogP contribution in [-0.2, 0) is 34.0 Å². The Balaban J connectivity index is 0.000000212. The highest BCUT2D eigenvalue weighted by Crippen LogP contribution is 2.36. The summed E-state index contributed by atoms with van der Waals surface area (Å²) < 4.78 is 8.32. The Kier molecular flexibility index (Phi) is 18.9. The van der Waals surface area contributed by atoms with E-state index in [2.05, 4.69) is 27.7 Å². The molecule has 356 valence electrons. The Labute approximate surface area is 412 Å². The Morgan fingerprint density at radius 1 is 0.647 bits per heavy atom. The molecule has 2 amide bonds. The van der Waals surface area contributed by atoms with E-state index >= 15 is 0 Å². The number of aliphatic hydroxyl groups excluding tert-OH is 2. The largest absolute Gasteiger partial charge is 0.429 e. The summed E-state index contributed by atoms with van der Waals surface area (Å²) in [5, 5.41) is 26.0. The molecule has 2 fully saturated rings. The van der Waals surface area contributed by atoms with Crippen LogP contribution in [0.1, 0.15) is 83.4 Å². The average Bonchev–Trinajstić information content (AvgIpc) is 3.93. The number of aromatic nitrogens is 4. The predicted molar refractivity (Wildman–Crippen MR) is 257 cm³/mol. The van der Waals surface area contributed by atoms with Crippen LogP contribution in [0.3, 0.4) is 0 Å². The van der Waals surface area contributed by atoms with Crippen LogP contribution in [0.5, 0.6) is 5.75 Å². The van der Waals surface area contributed by atoms with Crippen molar-refractivity contribution in [3.8, 4) is 39.9 Å². The lowest BCUT2D eigenvalue weighted by atomic mass is 10.1. The van der Waals surface area contributed by atoms with Crippen molar-refractivity contribution in [2.24, 2.45) is 0 Å². The van der Waals surface area contributed by atoms with Crippen LogP contribution in [0.2, 0.25) is 20.1 Å². The van der Waals surface area contributed by atoms with Crippen molar-refractivity contribution in [3.63, 3.8) is 0 Å². The molecule has 0 aliphatic carbocycles. The number of aryl methyl sites for hydroxylation is 1. The van der Waals surface area contributed by atoms with Gasteiger partial charge >= 0.3 is 6.15 Å². The van der Waals surface area contributed by atoms with Gasteiger partial charge in [0.15, 0.2) is 11.4 Å². The first-order chi connectivity index (χ1) is 32.9. The highest BCUT2D eigenvalue weighted by Gasteiger charge is 2.28. The molecule has 4 N–H and O–H groups in total. The first-order valence-electron chi connectivity index (χ1n) is 21.7. The molecule has 20 heteroatoms. The zero-order valence-corrected chi connectivity index (χ0v) is 39.9. The van der Waals surface area contributed by atoms with Gasteiger partial charge < -0.3 is 14.9 Å². The number of benzene rings is 4. The highest BCUT2D eigenvalue weighted by atomic mass is 35.5. The van der Waals surface area contributed by atoms with Gasteiger partial charge in [-0.05, 0) is 110 Å². The van der Waals surface area contributed by atoms with E-state index in [9.17, 15) is 24.6 Å². The summed E-state index contributed by atoms with van der Waals surface area (Å²) in [7, 11) is 0. The van der Waals surface area contributed by atoms with E-state index in [1.807, 2.05) is 34.3 Å². The van der Waals surface area contributed by atoms with E-state index in [-0.39, 0.29) is 30.1 Å². The molecule has 2 aliphatic rings. The molecular formula is C48H48Cl4N8O8. The number of nitrogens with zero attached hydrogens (tertiary/aromatic N) is 6. The standard InChI is InChI=1S/C24H26Cl2N4O2.C23H22Cl2N4O4.CO2/c1-2-16-6-9-18(10-7-16)30-21(15-31)22(24(32)28-29-12-4-3-5-13-29)27-23(30)19-11-8-17(25)14-20(19)26;24-15-4-9-18(19(25)12-15)22-26-21(23(32)27-28-10-2-1-3-11-28)20(13-30)29(22)16-5-7-17(8-6-16)33-14-31;2-1-3/h6-11,14,31H,2-5,12-13,15H2,1H3,(H,28,32);4-9,12,14,30H,1-3,10-11,13H2,(H,27,32);. The molecule has 0 radical (unpaired) electrons. The second kappa shape index (κ2) is 24.9. The monoisotopic (exact) mass is 1000 g/mol. The number of hydrogen-bond donors (Lipinski definition) is 4. The Hall–Kier alpha value is -5.91. The van der Waals surface area contributed by atoms with Gasteiger partial charge in [0.1, 0.15) is 17.4 Å². The van der Waals surface area contributed by atoms with Gasteiger partial charge in [-0.1, -0.05) is 78.3 Å². The minimum Gasteiger partial charge on any atom is -0.429 e. The fourth-order valence-corrected chi connectivity index (χ4v) is 8.82. The van der Waals surface area contributed by atoms with Gasteiger partial charge in [-0.2, -0.15) is 9.59 Å². The van der Waals surface area contributed by atoms with Gasteiger partial charge in [-0.3, -0.25) is 34.4 Å². The number of rotatable bonds is 13. The van der Waals surface area contributed by atoms with Crippen molar-refractivity contribution in [1.29, 1.82) is 0 Å². The molecule has 4 heterocycles. The summed E-state index contributed by atoms with van der Waals surface area (Å²) in [4.78, 5) is 62.4. The summed E-state index contributed by atoms with van der Waals surface area (Å²) in [6, 6.07) is 24.7. The zero-order valence-electron chi connectivity index (χ0n) is 36.9. The van der Waals surface area contributed by atoms with Crippen molar-refractivity contribution < 1.29 is 38.9 Å². The van der Waals surface area contributed by atoms with E-state index in [1.165, 1.54) is 5.56 Å². The zero-order chi connectivity index (χ0) is 48.7. The average molecular weight is 1010 g/mol. The lowest BCUT2D eigenvalue weighted by Gasteiger charge is -2.26. The van der Waals surface area contributed by atoms with Crippen LogP contribution in [0.25, 0.3) is 34.2 Å². The predicted octanol–water partition coefficient (Wildman–Crippen LogP) is 8.45. The summed E-state index contributed by atoms with van der Waals surface area (Å²) in [6.45, 7) is 4.76. The summed E-state index contributed by atoms with van der Waals surface area (Å²) in [5.74, 6) is 0.448. The van der Waals surface area contributed by atoms with Crippen LogP contribution in [-0.4, -0.2) is 90.0 Å². The molecule has 16 nitrogen and oxygen atoms in total. The van der Waals surface area contributed by atoms with Gasteiger partial charge in [0, 0.05) is 58.7 Å². The summed E-state index contributed by atoms with van der Waals surface area (Å²) >= 11 is 25.1. The van der Waals surface area contributed by atoms with Gasteiger partial charge in [-0.15, -0.1) is 0 Å². The van der Waals surface area contributed by atoms with Crippen LogP contribution in [0.15, 0.2) is 84.9 Å². The number of hydrazine groups is 2. The molecular weight excluding hydrogens is 958 g/mol. The first kappa shape index (κ1) is 51.5. The van der Waals surface area contributed by atoms with Crippen LogP contribution in [0.4, 0.5) is 0 Å². The summed E-state index contributed by atoms with van der Waals surface area (Å²) in [6.07, 6.45) is 7.54. The third kappa shape index (κ3) is 12.6. The van der Waals surface area contributed by atoms with Gasteiger partial charge in [0.05, 0.1) is 34.6 Å². The minimum atomic E-state index is -0.437. The number of piperidine rings is 2. The quantitative estimate of drug-likeness (QED) is 0.0806. The Morgan fingerprint density at radius 2 is 1.04 bits per heavy atom. The molecule has 0 bridgehead atoms. The van der Waals surface area contributed by atoms with E-state index in [0.29, 0.717) is 72.2 Å².